The Balaban J connectivity index is 1.50. The number of nitrogens with one attached hydrogen (secondary N) is 1. The van der Waals surface area contributed by atoms with Crippen molar-refractivity contribution in [3.8, 4) is 0 Å². The van der Waals surface area contributed by atoms with E-state index in [0.29, 0.717) is 12.1 Å². The first-order valence-corrected chi connectivity index (χ1v) is 9.69. The highest BCUT2D eigenvalue weighted by Crippen LogP contribution is 2.17. The molecular weight excluding hydrogens is 342 g/mol. The van der Waals surface area contributed by atoms with Gasteiger partial charge in [-0.2, -0.15) is 5.10 Å². The average molecular weight is 369 g/mol. The molecule has 2 aromatic rings. The predicted molar refractivity (Wildman–Crippen MR) is 102 cm³/mol. The lowest BCUT2D eigenvalue weighted by atomic mass is 10.1. The summed E-state index contributed by atoms with van der Waals surface area (Å²) in [6.45, 7) is 2.26. The molecule has 6 heteroatoms. The maximum absolute atomic E-state index is 12.3. The third-order valence-electron chi connectivity index (χ3n) is 4.95. The minimum absolute atomic E-state index is 0.197. The highest BCUT2D eigenvalue weighted by molar-refractivity contribution is 5.92. The molecular formula is C21H27N3O3. The number of rotatable bonds is 6. The van der Waals surface area contributed by atoms with E-state index >= 15 is 0 Å². The molecule has 1 saturated carbocycles. The van der Waals surface area contributed by atoms with Gasteiger partial charge in [0, 0.05) is 18.4 Å². The molecule has 0 saturated heterocycles. The Morgan fingerprint density at radius 3 is 2.52 bits per heavy atom. The summed E-state index contributed by atoms with van der Waals surface area (Å²) in [6.07, 6.45) is 9.57. The number of carbonyl (C=O) groups is 2. The molecule has 27 heavy (non-hydrogen) atoms. The molecule has 1 aromatic carbocycles. The molecule has 1 atom stereocenters. The van der Waals surface area contributed by atoms with E-state index in [0.717, 1.165) is 31.2 Å². The fourth-order valence-electron chi connectivity index (χ4n) is 3.35. The van der Waals surface area contributed by atoms with Gasteiger partial charge in [-0.15, -0.1) is 0 Å². The Morgan fingerprint density at radius 1 is 1.19 bits per heavy atom. The van der Waals surface area contributed by atoms with Crippen LogP contribution in [-0.4, -0.2) is 33.8 Å². The zero-order chi connectivity index (χ0) is 19.1. The van der Waals surface area contributed by atoms with Crippen LogP contribution in [0, 0.1) is 0 Å². The van der Waals surface area contributed by atoms with Crippen molar-refractivity contribution in [2.45, 2.75) is 64.1 Å². The molecule has 0 aliphatic heterocycles. The second kappa shape index (κ2) is 9.35. The largest absolute Gasteiger partial charge is 0.449 e. The first-order chi connectivity index (χ1) is 13.1. The average Bonchev–Trinajstić information content (AvgIpc) is 3.04. The maximum Gasteiger partial charge on any atom is 0.338 e. The van der Waals surface area contributed by atoms with Crippen molar-refractivity contribution in [3.05, 3.63) is 53.9 Å². The lowest BCUT2D eigenvalue weighted by Gasteiger charge is -2.19. The van der Waals surface area contributed by atoms with E-state index in [1.54, 1.807) is 25.3 Å². The van der Waals surface area contributed by atoms with Gasteiger partial charge in [-0.25, -0.2) is 4.79 Å². The Kier molecular flexibility index (Phi) is 6.63. The van der Waals surface area contributed by atoms with Crippen LogP contribution >= 0.6 is 0 Å². The number of hydrogen-bond acceptors (Lipinski definition) is 4. The van der Waals surface area contributed by atoms with Gasteiger partial charge in [-0.1, -0.05) is 37.8 Å². The molecule has 1 N–H and O–H groups in total. The number of esters is 1. The minimum atomic E-state index is -0.801. The summed E-state index contributed by atoms with van der Waals surface area (Å²) < 4.78 is 7.16. The highest BCUT2D eigenvalue weighted by Gasteiger charge is 2.22. The zero-order valence-corrected chi connectivity index (χ0v) is 15.8. The highest BCUT2D eigenvalue weighted by atomic mass is 16.5. The van der Waals surface area contributed by atoms with Gasteiger partial charge in [0.2, 0.25) is 0 Å². The number of carbonyl (C=O) groups excluding carboxylic acids is 2. The summed E-state index contributed by atoms with van der Waals surface area (Å²) in [7, 11) is 0. The number of hydrogen-bond donors (Lipinski definition) is 1. The quantitative estimate of drug-likeness (QED) is 0.626. The number of benzene rings is 1. The van der Waals surface area contributed by atoms with Crippen LogP contribution in [-0.2, 0) is 16.1 Å². The Hall–Kier alpha value is -2.63. The molecule has 144 valence electrons. The van der Waals surface area contributed by atoms with Crippen LogP contribution in [0.2, 0.25) is 0 Å². The number of aromatic nitrogens is 2. The van der Waals surface area contributed by atoms with E-state index in [1.165, 1.54) is 12.8 Å². The van der Waals surface area contributed by atoms with Gasteiger partial charge in [-0.3, -0.25) is 9.48 Å². The number of nitrogens with zero attached hydrogens (tertiary/aromatic N) is 2. The van der Waals surface area contributed by atoms with Gasteiger partial charge in [-0.05, 0) is 43.5 Å². The van der Waals surface area contributed by atoms with Crippen LogP contribution in [0.5, 0.6) is 0 Å². The molecule has 0 radical (unpaired) electrons. The molecule has 1 unspecified atom stereocenters. The Bertz CT molecular complexity index is 733. The molecule has 6 nitrogen and oxygen atoms in total. The van der Waals surface area contributed by atoms with Gasteiger partial charge in [0.15, 0.2) is 6.10 Å². The second-order valence-electron chi connectivity index (χ2n) is 7.15. The van der Waals surface area contributed by atoms with Crippen LogP contribution in [0.3, 0.4) is 0 Å². The second-order valence-corrected chi connectivity index (χ2v) is 7.15. The maximum atomic E-state index is 12.3. The van der Waals surface area contributed by atoms with Gasteiger partial charge in [0.05, 0.1) is 12.1 Å². The molecule has 0 bridgehead atoms. The van der Waals surface area contributed by atoms with Crippen molar-refractivity contribution in [3.63, 3.8) is 0 Å². The van der Waals surface area contributed by atoms with Crippen molar-refractivity contribution < 1.29 is 14.3 Å². The monoisotopic (exact) mass is 369 g/mol. The van der Waals surface area contributed by atoms with Crippen LogP contribution in [0.1, 0.15) is 61.4 Å². The van der Waals surface area contributed by atoms with Gasteiger partial charge >= 0.3 is 5.97 Å². The Labute approximate surface area is 159 Å². The van der Waals surface area contributed by atoms with Gasteiger partial charge < -0.3 is 10.1 Å². The zero-order valence-electron chi connectivity index (χ0n) is 15.8. The van der Waals surface area contributed by atoms with E-state index in [9.17, 15) is 9.59 Å². The van der Waals surface area contributed by atoms with E-state index < -0.39 is 12.1 Å². The molecule has 3 rings (SSSR count). The Morgan fingerprint density at radius 2 is 1.89 bits per heavy atom. The standard InChI is InChI=1S/C21H27N3O3/c1-16(20(25)23-19-7-4-2-3-5-8-19)27-21(26)18-11-9-17(10-12-18)15-24-14-6-13-22-24/h6,9-14,16,19H,2-5,7-8,15H2,1H3,(H,23,25). The summed E-state index contributed by atoms with van der Waals surface area (Å²) >= 11 is 0. The van der Waals surface area contributed by atoms with Crippen molar-refractivity contribution in [2.75, 3.05) is 0 Å². The van der Waals surface area contributed by atoms with Gasteiger partial charge in [0.1, 0.15) is 0 Å². The van der Waals surface area contributed by atoms with E-state index in [4.69, 9.17) is 4.74 Å². The smallest absolute Gasteiger partial charge is 0.338 e. The number of ether oxygens (including phenoxy) is 1. The first kappa shape index (κ1) is 19.1. The van der Waals surface area contributed by atoms with Crippen molar-refractivity contribution in [1.29, 1.82) is 0 Å². The van der Waals surface area contributed by atoms with Crippen molar-refractivity contribution in [1.82, 2.24) is 15.1 Å². The summed E-state index contributed by atoms with van der Waals surface area (Å²) in [6, 6.07) is 9.24. The van der Waals surface area contributed by atoms with Crippen LogP contribution in [0.15, 0.2) is 42.7 Å². The molecule has 1 fully saturated rings. The van der Waals surface area contributed by atoms with E-state index in [2.05, 4.69) is 10.4 Å². The fraction of sp³-hybridized carbons (Fsp3) is 0.476. The predicted octanol–water partition coefficient (Wildman–Crippen LogP) is 3.32. The molecule has 1 aliphatic rings. The third kappa shape index (κ3) is 5.67. The summed E-state index contributed by atoms with van der Waals surface area (Å²) in [5.74, 6) is -0.699. The van der Waals surface area contributed by atoms with E-state index in [1.807, 2.05) is 29.1 Å². The van der Waals surface area contributed by atoms with Crippen LogP contribution < -0.4 is 5.32 Å². The molecule has 1 aromatic heterocycles. The minimum Gasteiger partial charge on any atom is -0.449 e. The lowest BCUT2D eigenvalue weighted by molar-refractivity contribution is -0.129. The van der Waals surface area contributed by atoms with Gasteiger partial charge in [0.25, 0.3) is 5.91 Å². The topological polar surface area (TPSA) is 73.2 Å². The molecule has 0 spiro atoms. The molecule has 1 aliphatic carbocycles. The summed E-state index contributed by atoms with van der Waals surface area (Å²) in [4.78, 5) is 24.6. The van der Waals surface area contributed by atoms with Crippen molar-refractivity contribution in [2.24, 2.45) is 0 Å². The molecule has 1 heterocycles. The first-order valence-electron chi connectivity index (χ1n) is 9.69. The van der Waals surface area contributed by atoms with Crippen molar-refractivity contribution >= 4 is 11.9 Å². The number of amides is 1. The fourth-order valence-corrected chi connectivity index (χ4v) is 3.35. The molecule has 1 amide bonds. The van der Waals surface area contributed by atoms with Crippen LogP contribution in [0.4, 0.5) is 0 Å². The van der Waals surface area contributed by atoms with Crippen LogP contribution in [0.25, 0.3) is 0 Å². The third-order valence-corrected chi connectivity index (χ3v) is 4.95. The summed E-state index contributed by atoms with van der Waals surface area (Å²) in [5, 5.41) is 7.19. The van der Waals surface area contributed by atoms with E-state index in [-0.39, 0.29) is 11.9 Å². The normalized spacial score (nSPS) is 16.3. The summed E-state index contributed by atoms with van der Waals surface area (Å²) in [5.41, 5.74) is 1.47. The lowest BCUT2D eigenvalue weighted by Crippen LogP contribution is -2.41. The SMILES string of the molecule is CC(OC(=O)c1ccc(Cn2cccn2)cc1)C(=O)NC1CCCCCC1.